The summed E-state index contributed by atoms with van der Waals surface area (Å²) in [5, 5.41) is 11.2. The summed E-state index contributed by atoms with van der Waals surface area (Å²) < 4.78 is 10.9. The third kappa shape index (κ3) is 4.72. The van der Waals surface area contributed by atoms with Gasteiger partial charge in [0.15, 0.2) is 10.8 Å². The zero-order valence-electron chi connectivity index (χ0n) is 12.4. The summed E-state index contributed by atoms with van der Waals surface area (Å²) in [5.41, 5.74) is 11.1. The summed E-state index contributed by atoms with van der Waals surface area (Å²) in [6.07, 6.45) is 3.11. The van der Waals surface area contributed by atoms with Crippen LogP contribution in [0, 0.1) is 5.41 Å². The van der Waals surface area contributed by atoms with Crippen molar-refractivity contribution >= 4 is 45.6 Å². The third-order valence-corrected chi connectivity index (χ3v) is 3.75. The lowest BCUT2D eigenvalue weighted by molar-refractivity contribution is 0.327. The summed E-state index contributed by atoms with van der Waals surface area (Å²) >= 11 is 12.1. The highest BCUT2D eigenvalue weighted by molar-refractivity contribution is 7.79. The summed E-state index contributed by atoms with van der Waals surface area (Å²) in [6.45, 7) is 1.90. The van der Waals surface area contributed by atoms with E-state index in [4.69, 9.17) is 44.4 Å². The van der Waals surface area contributed by atoms with Crippen LogP contribution in [0.5, 0.6) is 5.06 Å². The van der Waals surface area contributed by atoms with Crippen molar-refractivity contribution in [2.24, 2.45) is 5.73 Å². The molecule has 0 spiro atoms. The van der Waals surface area contributed by atoms with E-state index in [1.54, 1.807) is 18.1 Å². The molecule has 2 rings (SSSR count). The Bertz CT molecular complexity index is 710. The van der Waals surface area contributed by atoms with Crippen LogP contribution in [-0.4, -0.2) is 22.5 Å². The molecule has 0 fully saturated rings. The van der Waals surface area contributed by atoms with E-state index in [-0.39, 0.29) is 21.9 Å². The fourth-order valence-electron chi connectivity index (χ4n) is 1.84. The van der Waals surface area contributed by atoms with Crippen LogP contribution in [0.3, 0.4) is 0 Å². The molecule has 2 heterocycles. The highest BCUT2D eigenvalue weighted by atomic mass is 35.5. The van der Waals surface area contributed by atoms with Gasteiger partial charge in [-0.25, -0.2) is 0 Å². The molecule has 0 aliphatic carbocycles. The number of rotatable bonds is 4. The molecular formula is C14H15ClN4O2S2. The van der Waals surface area contributed by atoms with Crippen molar-refractivity contribution in [2.45, 2.75) is 6.92 Å². The van der Waals surface area contributed by atoms with Gasteiger partial charge in [0.05, 0.1) is 5.70 Å². The van der Waals surface area contributed by atoms with Crippen molar-refractivity contribution < 1.29 is 9.47 Å². The summed E-state index contributed by atoms with van der Waals surface area (Å²) in [5.74, 6) is 0.140. The summed E-state index contributed by atoms with van der Waals surface area (Å²) in [7, 11) is 1.80. The lowest BCUT2D eigenvalue weighted by atomic mass is 10.2. The minimum absolute atomic E-state index is 0.130. The van der Waals surface area contributed by atoms with Crippen LogP contribution in [0.15, 0.2) is 52.5 Å². The Labute approximate surface area is 148 Å². The van der Waals surface area contributed by atoms with E-state index in [0.29, 0.717) is 10.8 Å². The minimum atomic E-state index is -0.239. The molecule has 1 aromatic rings. The van der Waals surface area contributed by atoms with Gasteiger partial charge in [0.25, 0.3) is 0 Å². The normalized spacial score (nSPS) is 16.6. The zero-order valence-corrected chi connectivity index (χ0v) is 14.8. The molecule has 0 aromatic carbocycles. The molecule has 0 atom stereocenters. The number of hydrogen-bond donors (Lipinski definition) is 3. The third-order valence-electron chi connectivity index (χ3n) is 2.73. The van der Waals surface area contributed by atoms with E-state index in [0.717, 1.165) is 5.70 Å². The van der Waals surface area contributed by atoms with Crippen LogP contribution in [0.1, 0.15) is 6.92 Å². The highest BCUT2D eigenvalue weighted by Crippen LogP contribution is 2.23. The molecule has 0 unspecified atom stereocenters. The highest BCUT2D eigenvalue weighted by Gasteiger charge is 2.19. The predicted molar refractivity (Wildman–Crippen MR) is 96.2 cm³/mol. The van der Waals surface area contributed by atoms with Gasteiger partial charge in [-0.2, -0.15) is 0 Å². The van der Waals surface area contributed by atoms with Crippen LogP contribution in [0.4, 0.5) is 0 Å². The van der Waals surface area contributed by atoms with Crippen LogP contribution < -0.4 is 15.9 Å². The van der Waals surface area contributed by atoms with Crippen molar-refractivity contribution in [1.29, 1.82) is 5.41 Å². The molecule has 0 amide bonds. The van der Waals surface area contributed by atoms with E-state index >= 15 is 0 Å². The second kappa shape index (κ2) is 7.49. The first kappa shape index (κ1) is 17.3. The van der Waals surface area contributed by atoms with Gasteiger partial charge in [0.1, 0.15) is 10.9 Å². The number of hydrogen-bond acceptors (Lipinski definition) is 8. The first-order chi connectivity index (χ1) is 10.9. The van der Waals surface area contributed by atoms with Crippen LogP contribution in [0.2, 0.25) is 0 Å². The smallest absolute Gasteiger partial charge is 0.364 e. The Morgan fingerprint density at radius 3 is 2.83 bits per heavy atom. The lowest BCUT2D eigenvalue weighted by Gasteiger charge is -2.18. The van der Waals surface area contributed by atoms with Crippen LogP contribution in [-0.2, 0) is 4.74 Å². The minimum Gasteiger partial charge on any atom is -0.415 e. The Hall–Kier alpha value is -2.03. The first-order valence-electron chi connectivity index (χ1n) is 6.44. The van der Waals surface area contributed by atoms with Gasteiger partial charge in [0.2, 0.25) is 0 Å². The number of thiocarbonyl (C=S) groups is 1. The molecule has 1 aromatic heterocycles. The standard InChI is InChI=1S/C14H15ClN4O2S2/c1-8-6-9(19(2)18-8)13(17)10(7-11(15)16)20-14(22)21-12-4-3-5-23-12/h3-7,16,18H,17H2,1-2H3. The van der Waals surface area contributed by atoms with Gasteiger partial charge in [0, 0.05) is 31.0 Å². The number of thiophene rings is 1. The molecule has 122 valence electrons. The van der Waals surface area contributed by atoms with Crippen molar-refractivity contribution in [3.05, 3.63) is 52.5 Å². The summed E-state index contributed by atoms with van der Waals surface area (Å²) in [4.78, 5) is 0. The van der Waals surface area contributed by atoms with Crippen LogP contribution >= 0.6 is 35.2 Å². The van der Waals surface area contributed by atoms with E-state index in [1.807, 2.05) is 24.4 Å². The molecule has 0 bridgehead atoms. The topological polar surface area (TPSA) is 83.6 Å². The van der Waals surface area contributed by atoms with Gasteiger partial charge < -0.3 is 20.6 Å². The molecule has 4 N–H and O–H groups in total. The molecular weight excluding hydrogens is 356 g/mol. The Morgan fingerprint density at radius 1 is 1.57 bits per heavy atom. The molecule has 1 aliphatic rings. The maximum atomic E-state index is 7.42. The molecule has 1 aliphatic heterocycles. The SMILES string of the molecule is CC1=CC(=C(N)C(=CC(=N)Cl)OC(=S)Oc2cccs2)N(C)N1. The van der Waals surface area contributed by atoms with Crippen molar-refractivity contribution in [3.63, 3.8) is 0 Å². The number of nitrogens with two attached hydrogens (primary N) is 1. The second-order valence-electron chi connectivity index (χ2n) is 4.54. The second-order valence-corrected chi connectivity index (χ2v) is 6.19. The lowest BCUT2D eigenvalue weighted by Crippen LogP contribution is -2.28. The zero-order chi connectivity index (χ0) is 17.0. The summed E-state index contributed by atoms with van der Waals surface area (Å²) in [6, 6.07) is 3.59. The molecule has 23 heavy (non-hydrogen) atoms. The van der Waals surface area contributed by atoms with E-state index in [1.165, 1.54) is 17.4 Å². The number of ether oxygens (including phenoxy) is 2. The van der Waals surface area contributed by atoms with Crippen molar-refractivity contribution in [2.75, 3.05) is 7.05 Å². The van der Waals surface area contributed by atoms with Gasteiger partial charge in [-0.05, 0) is 30.5 Å². The maximum Gasteiger partial charge on any atom is 0.364 e. The van der Waals surface area contributed by atoms with E-state index in [9.17, 15) is 0 Å². The Kier molecular flexibility index (Phi) is 5.64. The van der Waals surface area contributed by atoms with E-state index in [2.05, 4.69) is 5.43 Å². The van der Waals surface area contributed by atoms with Gasteiger partial charge in [-0.1, -0.05) is 11.6 Å². The molecule has 0 radical (unpaired) electrons. The first-order valence-corrected chi connectivity index (χ1v) is 8.11. The van der Waals surface area contributed by atoms with Crippen molar-refractivity contribution in [1.82, 2.24) is 10.4 Å². The average molecular weight is 371 g/mol. The Balaban J connectivity index is 2.23. The van der Waals surface area contributed by atoms with E-state index < -0.39 is 0 Å². The number of hydrazine groups is 1. The predicted octanol–water partition coefficient (Wildman–Crippen LogP) is 3.05. The number of nitrogens with zero attached hydrogens (tertiary/aromatic N) is 1. The number of allylic oxidation sites excluding steroid dienone is 3. The number of halogens is 1. The van der Waals surface area contributed by atoms with Gasteiger partial charge in [-0.15, -0.1) is 11.3 Å². The molecule has 0 saturated carbocycles. The fourth-order valence-corrected chi connectivity index (χ4v) is 2.74. The monoisotopic (exact) mass is 370 g/mol. The van der Waals surface area contributed by atoms with Crippen LogP contribution in [0.25, 0.3) is 0 Å². The number of likely N-dealkylation sites (N-methyl/N-ethyl adjacent to an activating group) is 1. The van der Waals surface area contributed by atoms with Crippen molar-refractivity contribution in [3.8, 4) is 5.06 Å². The number of nitrogens with one attached hydrogen (secondary N) is 2. The van der Waals surface area contributed by atoms with Gasteiger partial charge in [-0.3, -0.25) is 10.4 Å². The fraction of sp³-hybridized carbons (Fsp3) is 0.143. The van der Waals surface area contributed by atoms with Gasteiger partial charge >= 0.3 is 5.24 Å². The molecule has 6 nitrogen and oxygen atoms in total. The average Bonchev–Trinajstić information content (AvgIpc) is 3.06. The quantitative estimate of drug-likeness (QED) is 0.429. The maximum absolute atomic E-state index is 7.42. The molecule has 9 heteroatoms. The Morgan fingerprint density at radius 2 is 2.30 bits per heavy atom. The molecule has 0 saturated heterocycles. The largest absolute Gasteiger partial charge is 0.415 e.